The average Bonchev–Trinajstić information content (AvgIpc) is 2.61. The fraction of sp³-hybridized carbons (Fsp3) is 0.308. The lowest BCUT2D eigenvalue weighted by atomic mass is 10.1. The Labute approximate surface area is 114 Å². The Bertz CT molecular complexity index is 488. The number of rotatable bonds is 4. The predicted octanol–water partition coefficient (Wildman–Crippen LogP) is 4.18. The molecular weight excluding hydrogens is 296 g/mol. The van der Waals surface area contributed by atoms with Gasteiger partial charge in [0, 0.05) is 15.9 Å². The van der Waals surface area contributed by atoms with Crippen LogP contribution in [0.4, 0.5) is 5.13 Å². The normalized spacial score (nSPS) is 10.5. The molecule has 0 saturated heterocycles. The number of anilines is 1. The number of aromatic nitrogens is 1. The lowest BCUT2D eigenvalue weighted by Gasteiger charge is -2.04. The van der Waals surface area contributed by atoms with Crippen LogP contribution in [0.15, 0.2) is 28.7 Å². The number of aryl methyl sites for hydroxylation is 2. The molecule has 0 radical (unpaired) electrons. The Hall–Kier alpha value is -0.870. The minimum absolute atomic E-state index is 0.912. The third kappa shape index (κ3) is 3.30. The van der Waals surface area contributed by atoms with Gasteiger partial charge >= 0.3 is 0 Å². The van der Waals surface area contributed by atoms with Crippen LogP contribution in [0.5, 0.6) is 0 Å². The molecule has 2 nitrogen and oxygen atoms in total. The van der Waals surface area contributed by atoms with Crippen molar-refractivity contribution in [1.82, 2.24) is 4.98 Å². The van der Waals surface area contributed by atoms with E-state index < -0.39 is 0 Å². The topological polar surface area (TPSA) is 24.9 Å². The van der Waals surface area contributed by atoms with Gasteiger partial charge in [0.25, 0.3) is 0 Å². The smallest absolute Gasteiger partial charge is 0.183 e. The first-order chi connectivity index (χ1) is 8.16. The molecular formula is C13H15BrN2S. The molecule has 2 rings (SSSR count). The third-order valence-corrected chi connectivity index (χ3v) is 4.46. The van der Waals surface area contributed by atoms with E-state index in [0.29, 0.717) is 0 Å². The van der Waals surface area contributed by atoms with Crippen molar-refractivity contribution in [2.45, 2.75) is 20.3 Å². The lowest BCUT2D eigenvalue weighted by molar-refractivity contribution is 1.01. The molecule has 1 N–H and O–H groups in total. The molecule has 17 heavy (non-hydrogen) atoms. The predicted molar refractivity (Wildman–Crippen MR) is 77.9 cm³/mol. The van der Waals surface area contributed by atoms with Crippen molar-refractivity contribution in [3.05, 3.63) is 44.9 Å². The van der Waals surface area contributed by atoms with Crippen molar-refractivity contribution in [2.24, 2.45) is 0 Å². The zero-order valence-electron chi connectivity index (χ0n) is 9.96. The van der Waals surface area contributed by atoms with Gasteiger partial charge in [-0.3, -0.25) is 0 Å². The Balaban J connectivity index is 1.90. The molecule has 0 spiro atoms. The fourth-order valence-electron chi connectivity index (χ4n) is 1.55. The largest absolute Gasteiger partial charge is 0.361 e. The molecule has 1 aromatic carbocycles. The molecule has 0 saturated carbocycles. The number of benzene rings is 1. The third-order valence-electron chi connectivity index (χ3n) is 2.66. The number of nitrogens with zero attached hydrogens (tertiary/aromatic N) is 1. The highest BCUT2D eigenvalue weighted by molar-refractivity contribution is 9.10. The summed E-state index contributed by atoms with van der Waals surface area (Å²) < 4.78 is 1.17. The molecule has 0 unspecified atom stereocenters. The molecule has 1 heterocycles. The second kappa shape index (κ2) is 5.65. The number of thiazole rings is 1. The van der Waals surface area contributed by atoms with E-state index in [9.17, 15) is 0 Å². The van der Waals surface area contributed by atoms with Crippen LogP contribution in [-0.4, -0.2) is 11.5 Å². The summed E-state index contributed by atoms with van der Waals surface area (Å²) in [6.45, 7) is 5.06. The van der Waals surface area contributed by atoms with Crippen LogP contribution < -0.4 is 5.32 Å². The fourth-order valence-corrected chi connectivity index (χ4v) is 2.88. The van der Waals surface area contributed by atoms with Gasteiger partial charge in [-0.2, -0.15) is 0 Å². The van der Waals surface area contributed by atoms with Crippen LogP contribution in [-0.2, 0) is 6.42 Å². The standard InChI is InChI=1S/C13H15BrN2S/c1-9-10(2)17-13(16-9)15-8-7-11-5-3-4-6-12(11)14/h3-6H,7-8H2,1-2H3,(H,15,16). The molecule has 4 heteroatoms. The quantitative estimate of drug-likeness (QED) is 0.916. The average molecular weight is 311 g/mol. The highest BCUT2D eigenvalue weighted by Gasteiger charge is 2.03. The molecule has 2 aromatic rings. The van der Waals surface area contributed by atoms with Crippen LogP contribution in [0.3, 0.4) is 0 Å². The Morgan fingerprint density at radius 1 is 1.29 bits per heavy atom. The molecule has 0 atom stereocenters. The maximum absolute atomic E-state index is 4.46. The number of halogens is 1. The van der Waals surface area contributed by atoms with Crippen LogP contribution in [0, 0.1) is 13.8 Å². The van der Waals surface area contributed by atoms with Crippen LogP contribution >= 0.6 is 27.3 Å². The lowest BCUT2D eigenvalue weighted by Crippen LogP contribution is -2.04. The first-order valence-corrected chi connectivity index (χ1v) is 7.19. The number of hydrogen-bond donors (Lipinski definition) is 1. The van der Waals surface area contributed by atoms with Gasteiger partial charge in [0.1, 0.15) is 0 Å². The minimum Gasteiger partial charge on any atom is -0.361 e. The molecule has 1 aromatic heterocycles. The van der Waals surface area contributed by atoms with Gasteiger partial charge in [-0.25, -0.2) is 4.98 Å². The molecule has 0 bridgehead atoms. The highest BCUT2D eigenvalue weighted by atomic mass is 79.9. The van der Waals surface area contributed by atoms with E-state index in [4.69, 9.17) is 0 Å². The second-order valence-electron chi connectivity index (χ2n) is 3.93. The monoisotopic (exact) mass is 310 g/mol. The summed E-state index contributed by atoms with van der Waals surface area (Å²) in [6.07, 6.45) is 0.999. The van der Waals surface area contributed by atoms with Crippen LogP contribution in [0.1, 0.15) is 16.1 Å². The second-order valence-corrected chi connectivity index (χ2v) is 5.99. The van der Waals surface area contributed by atoms with Crippen LogP contribution in [0.2, 0.25) is 0 Å². The van der Waals surface area contributed by atoms with E-state index >= 15 is 0 Å². The number of hydrogen-bond acceptors (Lipinski definition) is 3. The van der Waals surface area contributed by atoms with Crippen molar-refractivity contribution in [3.8, 4) is 0 Å². The van der Waals surface area contributed by atoms with E-state index in [1.807, 2.05) is 13.0 Å². The van der Waals surface area contributed by atoms with Gasteiger partial charge in [-0.1, -0.05) is 34.1 Å². The number of nitrogens with one attached hydrogen (secondary N) is 1. The summed E-state index contributed by atoms with van der Waals surface area (Å²) in [6, 6.07) is 8.32. The Morgan fingerprint density at radius 2 is 2.06 bits per heavy atom. The summed E-state index contributed by atoms with van der Waals surface area (Å²) >= 11 is 5.28. The van der Waals surface area contributed by atoms with E-state index in [1.165, 1.54) is 14.9 Å². The van der Waals surface area contributed by atoms with Crippen molar-refractivity contribution in [2.75, 3.05) is 11.9 Å². The molecule has 0 aliphatic rings. The molecule has 90 valence electrons. The van der Waals surface area contributed by atoms with Crippen molar-refractivity contribution in [1.29, 1.82) is 0 Å². The molecule has 0 fully saturated rings. The van der Waals surface area contributed by atoms with Crippen molar-refractivity contribution >= 4 is 32.4 Å². The van der Waals surface area contributed by atoms with Gasteiger partial charge in [-0.05, 0) is 31.9 Å². The Kier molecular flexibility index (Phi) is 4.18. The van der Waals surface area contributed by atoms with Gasteiger partial charge in [0.15, 0.2) is 5.13 Å². The summed E-state index contributed by atoms with van der Waals surface area (Å²) in [5.74, 6) is 0. The molecule has 0 amide bonds. The summed E-state index contributed by atoms with van der Waals surface area (Å²) in [5, 5.41) is 4.39. The van der Waals surface area contributed by atoms with E-state index in [0.717, 1.165) is 23.8 Å². The van der Waals surface area contributed by atoms with Gasteiger partial charge in [0.05, 0.1) is 5.69 Å². The van der Waals surface area contributed by atoms with E-state index in [1.54, 1.807) is 11.3 Å². The van der Waals surface area contributed by atoms with Crippen LogP contribution in [0.25, 0.3) is 0 Å². The summed E-state index contributed by atoms with van der Waals surface area (Å²) in [7, 11) is 0. The summed E-state index contributed by atoms with van der Waals surface area (Å²) in [4.78, 5) is 5.75. The Morgan fingerprint density at radius 3 is 2.71 bits per heavy atom. The first kappa shape index (κ1) is 12.6. The van der Waals surface area contributed by atoms with Crippen molar-refractivity contribution < 1.29 is 0 Å². The van der Waals surface area contributed by atoms with Crippen molar-refractivity contribution in [3.63, 3.8) is 0 Å². The van der Waals surface area contributed by atoms with Gasteiger partial charge < -0.3 is 5.32 Å². The zero-order chi connectivity index (χ0) is 12.3. The minimum atomic E-state index is 0.912. The first-order valence-electron chi connectivity index (χ1n) is 5.58. The maximum Gasteiger partial charge on any atom is 0.183 e. The van der Waals surface area contributed by atoms with Gasteiger partial charge in [-0.15, -0.1) is 11.3 Å². The summed E-state index contributed by atoms with van der Waals surface area (Å²) in [5.41, 5.74) is 2.45. The molecule has 0 aliphatic heterocycles. The molecule has 0 aliphatic carbocycles. The zero-order valence-corrected chi connectivity index (χ0v) is 12.4. The highest BCUT2D eigenvalue weighted by Crippen LogP contribution is 2.21. The SMILES string of the molecule is Cc1nc(NCCc2ccccc2Br)sc1C. The van der Waals surface area contributed by atoms with E-state index in [2.05, 4.69) is 51.4 Å². The maximum atomic E-state index is 4.46. The van der Waals surface area contributed by atoms with E-state index in [-0.39, 0.29) is 0 Å². The van der Waals surface area contributed by atoms with Gasteiger partial charge in [0.2, 0.25) is 0 Å².